The van der Waals surface area contributed by atoms with Gasteiger partial charge in [-0.2, -0.15) is 0 Å². The number of hydrogen-bond donors (Lipinski definition) is 0. The second-order valence-corrected chi connectivity index (χ2v) is 5.49. The Labute approximate surface area is 121 Å². The summed E-state index contributed by atoms with van der Waals surface area (Å²) in [6.07, 6.45) is 16.7. The third kappa shape index (κ3) is 15.4. The van der Waals surface area contributed by atoms with Gasteiger partial charge in [-0.15, -0.1) is 0 Å². The van der Waals surface area contributed by atoms with Gasteiger partial charge in [-0.05, 0) is 6.42 Å². The Balaban J connectivity index is 3.03. The van der Waals surface area contributed by atoms with Crippen LogP contribution in [0.2, 0.25) is 0 Å². The molecule has 2 nitrogen and oxygen atoms in total. The second kappa shape index (κ2) is 15.5. The van der Waals surface area contributed by atoms with Crippen molar-refractivity contribution in [1.29, 1.82) is 0 Å². The van der Waals surface area contributed by atoms with Crippen molar-refractivity contribution in [2.75, 3.05) is 13.7 Å². The summed E-state index contributed by atoms with van der Waals surface area (Å²) in [5, 5.41) is 0. The van der Waals surface area contributed by atoms with Gasteiger partial charge in [0.1, 0.15) is 0 Å². The minimum Gasteiger partial charge on any atom is -0.484 e. The van der Waals surface area contributed by atoms with E-state index in [9.17, 15) is 0 Å². The number of hydrogen-bond acceptors (Lipinski definition) is 2. The van der Waals surface area contributed by atoms with Gasteiger partial charge in [-0.3, -0.25) is 4.99 Å². The van der Waals surface area contributed by atoms with Crippen molar-refractivity contribution < 1.29 is 4.74 Å². The van der Waals surface area contributed by atoms with E-state index >= 15 is 0 Å². The van der Waals surface area contributed by atoms with Gasteiger partial charge in [0, 0.05) is 13.5 Å². The van der Waals surface area contributed by atoms with Crippen LogP contribution >= 0.6 is 0 Å². The average molecular weight is 269 g/mol. The van der Waals surface area contributed by atoms with Crippen LogP contribution in [0, 0.1) is 0 Å². The molecule has 0 aliphatic rings. The molecule has 0 unspecified atom stereocenters. The third-order valence-corrected chi connectivity index (χ3v) is 3.64. The van der Waals surface area contributed by atoms with Crippen molar-refractivity contribution >= 4 is 5.90 Å². The Bertz CT molecular complexity index is 201. The van der Waals surface area contributed by atoms with Crippen LogP contribution in [0.4, 0.5) is 0 Å². The van der Waals surface area contributed by atoms with Gasteiger partial charge >= 0.3 is 0 Å². The van der Waals surface area contributed by atoms with Gasteiger partial charge in [0.2, 0.25) is 0 Å². The van der Waals surface area contributed by atoms with E-state index in [4.69, 9.17) is 4.74 Å². The molecule has 0 aromatic carbocycles. The van der Waals surface area contributed by atoms with Gasteiger partial charge in [-0.1, -0.05) is 77.6 Å². The van der Waals surface area contributed by atoms with E-state index in [1.807, 2.05) is 6.92 Å². The molecule has 114 valence electrons. The molecule has 0 bridgehead atoms. The monoisotopic (exact) mass is 269 g/mol. The molecule has 0 radical (unpaired) electrons. The van der Waals surface area contributed by atoms with Crippen molar-refractivity contribution in [3.05, 3.63) is 0 Å². The maximum absolute atomic E-state index is 5.01. The molecule has 2 heteroatoms. The molecule has 0 aromatic rings. The van der Waals surface area contributed by atoms with Crippen molar-refractivity contribution in [2.45, 2.75) is 90.9 Å². The molecule has 0 rings (SSSR count). The van der Waals surface area contributed by atoms with E-state index in [0.29, 0.717) is 0 Å². The summed E-state index contributed by atoms with van der Waals surface area (Å²) in [5.41, 5.74) is 0. The van der Waals surface area contributed by atoms with Crippen LogP contribution in [0.1, 0.15) is 90.9 Å². The quantitative estimate of drug-likeness (QED) is 0.237. The number of nitrogens with zero attached hydrogens (tertiary/aromatic N) is 1. The highest BCUT2D eigenvalue weighted by Gasteiger charge is 1.93. The minimum absolute atomic E-state index is 0.808. The summed E-state index contributed by atoms with van der Waals surface area (Å²) in [4.78, 5) is 4.32. The van der Waals surface area contributed by atoms with Gasteiger partial charge < -0.3 is 4.74 Å². The van der Waals surface area contributed by atoms with Crippen LogP contribution in [-0.4, -0.2) is 19.6 Å². The predicted molar refractivity (Wildman–Crippen MR) is 86.1 cm³/mol. The van der Waals surface area contributed by atoms with Crippen LogP contribution < -0.4 is 0 Å². The fourth-order valence-corrected chi connectivity index (χ4v) is 2.25. The van der Waals surface area contributed by atoms with Gasteiger partial charge in [-0.25, -0.2) is 0 Å². The largest absolute Gasteiger partial charge is 0.484 e. The number of ether oxygens (including phenoxy) is 1. The molecule has 19 heavy (non-hydrogen) atoms. The van der Waals surface area contributed by atoms with E-state index < -0.39 is 0 Å². The fourth-order valence-electron chi connectivity index (χ4n) is 2.25. The second-order valence-electron chi connectivity index (χ2n) is 5.49. The molecule has 0 amide bonds. The Morgan fingerprint density at radius 1 is 0.737 bits per heavy atom. The molecular weight excluding hydrogens is 234 g/mol. The van der Waals surface area contributed by atoms with E-state index in [1.54, 1.807) is 7.11 Å². The smallest absolute Gasteiger partial charge is 0.179 e. The molecule has 0 heterocycles. The average Bonchev–Trinajstić information content (AvgIpc) is 2.43. The zero-order valence-corrected chi connectivity index (χ0v) is 13.5. The summed E-state index contributed by atoms with van der Waals surface area (Å²) in [7, 11) is 1.68. The SMILES string of the molecule is CCCCCCCCCCCCCCN=C(C)OC. The first-order valence-electron chi connectivity index (χ1n) is 8.36. The fraction of sp³-hybridized carbons (Fsp3) is 0.941. The highest BCUT2D eigenvalue weighted by atomic mass is 16.5. The molecule has 0 aromatic heterocycles. The van der Waals surface area contributed by atoms with Crippen molar-refractivity contribution in [3.8, 4) is 0 Å². The van der Waals surface area contributed by atoms with E-state index in [0.717, 1.165) is 12.4 Å². The zero-order valence-electron chi connectivity index (χ0n) is 13.5. The number of rotatable bonds is 13. The molecule has 0 aliphatic carbocycles. The Morgan fingerprint density at radius 3 is 1.58 bits per heavy atom. The Morgan fingerprint density at radius 2 is 1.16 bits per heavy atom. The lowest BCUT2D eigenvalue weighted by Gasteiger charge is -2.02. The van der Waals surface area contributed by atoms with Crippen molar-refractivity contribution in [3.63, 3.8) is 0 Å². The third-order valence-electron chi connectivity index (χ3n) is 3.64. The maximum Gasteiger partial charge on any atom is 0.179 e. The van der Waals surface area contributed by atoms with Crippen LogP contribution in [0.15, 0.2) is 4.99 Å². The lowest BCUT2D eigenvalue weighted by atomic mass is 10.1. The predicted octanol–water partition coefficient (Wildman–Crippen LogP) is 5.75. The molecule has 0 saturated heterocycles. The van der Waals surface area contributed by atoms with Gasteiger partial charge in [0.05, 0.1) is 7.11 Å². The number of unbranched alkanes of at least 4 members (excludes halogenated alkanes) is 11. The zero-order chi connectivity index (χ0) is 14.2. The van der Waals surface area contributed by atoms with E-state index in [2.05, 4.69) is 11.9 Å². The first kappa shape index (κ1) is 18.5. The normalized spacial score (nSPS) is 11.8. The lowest BCUT2D eigenvalue weighted by Crippen LogP contribution is -1.95. The van der Waals surface area contributed by atoms with Crippen molar-refractivity contribution in [2.24, 2.45) is 4.99 Å². The molecular formula is C17H35NO. The summed E-state index contributed by atoms with van der Waals surface area (Å²) in [5.74, 6) is 0.808. The first-order chi connectivity index (χ1) is 9.31. The van der Waals surface area contributed by atoms with Crippen LogP contribution in [-0.2, 0) is 4.74 Å². The van der Waals surface area contributed by atoms with E-state index in [-0.39, 0.29) is 0 Å². The molecule has 0 spiro atoms. The summed E-state index contributed by atoms with van der Waals surface area (Å²) in [6.45, 7) is 5.12. The standard InChI is InChI=1S/C17H35NO/c1-4-5-6-7-8-9-10-11-12-13-14-15-16-18-17(2)19-3/h4-16H2,1-3H3. The van der Waals surface area contributed by atoms with Gasteiger partial charge in [0.25, 0.3) is 0 Å². The van der Waals surface area contributed by atoms with E-state index in [1.165, 1.54) is 77.0 Å². The topological polar surface area (TPSA) is 21.6 Å². The number of methoxy groups -OCH3 is 1. The van der Waals surface area contributed by atoms with Crippen molar-refractivity contribution in [1.82, 2.24) is 0 Å². The van der Waals surface area contributed by atoms with Crippen LogP contribution in [0.5, 0.6) is 0 Å². The summed E-state index contributed by atoms with van der Waals surface area (Å²) < 4.78 is 5.01. The highest BCUT2D eigenvalue weighted by molar-refractivity contribution is 5.72. The Hall–Kier alpha value is -0.530. The van der Waals surface area contributed by atoms with Crippen LogP contribution in [0.3, 0.4) is 0 Å². The molecule has 0 aliphatic heterocycles. The van der Waals surface area contributed by atoms with Gasteiger partial charge in [0.15, 0.2) is 5.90 Å². The Kier molecular flexibility index (Phi) is 15.1. The minimum atomic E-state index is 0.808. The summed E-state index contributed by atoms with van der Waals surface area (Å²) >= 11 is 0. The lowest BCUT2D eigenvalue weighted by molar-refractivity contribution is 0.397. The maximum atomic E-state index is 5.01. The molecule has 0 N–H and O–H groups in total. The highest BCUT2D eigenvalue weighted by Crippen LogP contribution is 2.11. The number of aliphatic imine (C=N–C) groups is 1. The molecule has 0 atom stereocenters. The van der Waals surface area contributed by atoms with Crippen LogP contribution in [0.25, 0.3) is 0 Å². The molecule has 0 fully saturated rings. The summed E-state index contributed by atoms with van der Waals surface area (Å²) in [6, 6.07) is 0. The first-order valence-corrected chi connectivity index (χ1v) is 8.36. The molecule has 0 saturated carbocycles.